The summed E-state index contributed by atoms with van der Waals surface area (Å²) in [6.45, 7) is 2.83. The molecule has 0 aliphatic heterocycles. The molecule has 1 rings (SSSR count). The molecule has 0 saturated carbocycles. The Morgan fingerprint density at radius 3 is 2.62 bits per heavy atom. The van der Waals surface area contributed by atoms with Crippen molar-refractivity contribution in [1.29, 1.82) is 0 Å². The number of rotatable bonds is 4. The first-order valence-electron chi connectivity index (χ1n) is 4.51. The summed E-state index contributed by atoms with van der Waals surface area (Å²) in [5, 5.41) is 3.24. The van der Waals surface area contributed by atoms with Crippen molar-refractivity contribution < 1.29 is 4.74 Å². The minimum absolute atomic E-state index is 0.297. The van der Waals surface area contributed by atoms with Crippen LogP contribution < -0.4 is 5.32 Å². The van der Waals surface area contributed by atoms with E-state index in [1.807, 2.05) is 7.05 Å². The number of nitrogens with one attached hydrogen (secondary N) is 1. The molecule has 0 amide bonds. The molecule has 72 valence electrons. The van der Waals surface area contributed by atoms with Gasteiger partial charge in [-0.3, -0.25) is 0 Å². The smallest absolute Gasteiger partial charge is 0.0657 e. The van der Waals surface area contributed by atoms with Gasteiger partial charge >= 0.3 is 0 Å². The van der Waals surface area contributed by atoms with E-state index in [4.69, 9.17) is 4.74 Å². The lowest BCUT2D eigenvalue weighted by Gasteiger charge is -2.17. The maximum absolute atomic E-state index is 5.14. The fourth-order valence-electron chi connectivity index (χ4n) is 1.47. The molecular formula is C11H17NO. The molecule has 0 aliphatic carbocycles. The molecule has 0 aromatic heterocycles. The minimum atomic E-state index is 0.297. The molecule has 0 spiro atoms. The molecule has 0 aliphatic rings. The van der Waals surface area contributed by atoms with Crippen molar-refractivity contribution in [3.8, 4) is 0 Å². The Kier molecular flexibility index (Phi) is 3.93. The Bertz CT molecular complexity index is 260. The number of ether oxygens (including phenoxy) is 1. The number of aryl methyl sites for hydroxylation is 1. The maximum Gasteiger partial charge on any atom is 0.0657 e. The van der Waals surface area contributed by atoms with Gasteiger partial charge in [0.1, 0.15) is 0 Å². The van der Waals surface area contributed by atoms with Crippen LogP contribution in [-0.2, 0) is 4.74 Å². The lowest BCUT2D eigenvalue weighted by molar-refractivity contribution is 0.170. The topological polar surface area (TPSA) is 21.3 Å². The van der Waals surface area contributed by atoms with Gasteiger partial charge in [0.25, 0.3) is 0 Å². The molecule has 1 aromatic rings. The highest BCUT2D eigenvalue weighted by Crippen LogP contribution is 2.16. The Labute approximate surface area is 79.9 Å². The molecule has 1 atom stereocenters. The van der Waals surface area contributed by atoms with Gasteiger partial charge in [-0.2, -0.15) is 0 Å². The summed E-state index contributed by atoms with van der Waals surface area (Å²) in [7, 11) is 3.68. The van der Waals surface area contributed by atoms with Crippen LogP contribution >= 0.6 is 0 Å². The molecule has 1 N–H and O–H groups in total. The highest BCUT2D eigenvalue weighted by Gasteiger charge is 2.09. The first kappa shape index (κ1) is 10.2. The van der Waals surface area contributed by atoms with E-state index in [9.17, 15) is 0 Å². The third kappa shape index (κ3) is 2.54. The van der Waals surface area contributed by atoms with E-state index in [2.05, 4.69) is 36.5 Å². The number of hydrogen-bond acceptors (Lipinski definition) is 2. The standard InChI is InChI=1S/C11H17NO/c1-9-6-4-5-7-10(9)11(12-2)8-13-3/h4-7,11-12H,8H2,1-3H3. The Hall–Kier alpha value is -0.860. The molecule has 0 fully saturated rings. The van der Waals surface area contributed by atoms with Gasteiger partial charge in [0.2, 0.25) is 0 Å². The predicted molar refractivity (Wildman–Crippen MR) is 54.9 cm³/mol. The molecule has 2 nitrogen and oxygen atoms in total. The van der Waals surface area contributed by atoms with Gasteiger partial charge in [-0.05, 0) is 25.1 Å². The van der Waals surface area contributed by atoms with Crippen LogP contribution in [0.1, 0.15) is 17.2 Å². The quantitative estimate of drug-likeness (QED) is 0.762. The van der Waals surface area contributed by atoms with Crippen LogP contribution in [0.4, 0.5) is 0 Å². The lowest BCUT2D eigenvalue weighted by Crippen LogP contribution is -2.21. The SMILES string of the molecule is CNC(COC)c1ccccc1C. The number of likely N-dealkylation sites (N-methyl/N-ethyl adjacent to an activating group) is 1. The van der Waals surface area contributed by atoms with Crippen molar-refractivity contribution in [1.82, 2.24) is 5.32 Å². The summed E-state index contributed by atoms with van der Waals surface area (Å²) < 4.78 is 5.14. The van der Waals surface area contributed by atoms with E-state index in [-0.39, 0.29) is 0 Å². The zero-order valence-corrected chi connectivity index (χ0v) is 8.50. The largest absolute Gasteiger partial charge is 0.383 e. The van der Waals surface area contributed by atoms with Crippen molar-refractivity contribution in [2.75, 3.05) is 20.8 Å². The molecule has 0 radical (unpaired) electrons. The summed E-state index contributed by atoms with van der Waals surface area (Å²) in [6, 6.07) is 8.66. The van der Waals surface area contributed by atoms with E-state index in [1.165, 1.54) is 11.1 Å². The van der Waals surface area contributed by atoms with Crippen LogP contribution in [0.15, 0.2) is 24.3 Å². The zero-order valence-electron chi connectivity index (χ0n) is 8.50. The average molecular weight is 179 g/mol. The average Bonchev–Trinajstić information content (AvgIpc) is 2.16. The van der Waals surface area contributed by atoms with Gasteiger partial charge in [0, 0.05) is 7.11 Å². The second kappa shape index (κ2) is 5.00. The third-order valence-corrected chi connectivity index (χ3v) is 2.25. The summed E-state index contributed by atoms with van der Waals surface area (Å²) in [5.41, 5.74) is 2.62. The molecular weight excluding hydrogens is 162 g/mol. The molecule has 0 heterocycles. The van der Waals surface area contributed by atoms with Crippen molar-refractivity contribution >= 4 is 0 Å². The Balaban J connectivity index is 2.84. The highest BCUT2D eigenvalue weighted by molar-refractivity contribution is 5.28. The fourth-order valence-corrected chi connectivity index (χ4v) is 1.47. The van der Waals surface area contributed by atoms with Gasteiger partial charge < -0.3 is 10.1 Å². The number of methoxy groups -OCH3 is 1. The monoisotopic (exact) mass is 179 g/mol. The van der Waals surface area contributed by atoms with Gasteiger partial charge in [-0.1, -0.05) is 24.3 Å². The molecule has 1 aromatic carbocycles. The van der Waals surface area contributed by atoms with E-state index >= 15 is 0 Å². The molecule has 1 unspecified atom stereocenters. The molecule has 2 heteroatoms. The van der Waals surface area contributed by atoms with Gasteiger partial charge in [0.15, 0.2) is 0 Å². The van der Waals surface area contributed by atoms with E-state index < -0.39 is 0 Å². The predicted octanol–water partition coefficient (Wildman–Crippen LogP) is 1.90. The van der Waals surface area contributed by atoms with E-state index in [0.29, 0.717) is 12.6 Å². The van der Waals surface area contributed by atoms with Gasteiger partial charge in [-0.25, -0.2) is 0 Å². The van der Waals surface area contributed by atoms with Crippen LogP contribution in [0.3, 0.4) is 0 Å². The summed E-state index contributed by atoms with van der Waals surface area (Å²) in [4.78, 5) is 0. The van der Waals surface area contributed by atoms with Crippen LogP contribution in [0, 0.1) is 6.92 Å². The summed E-state index contributed by atoms with van der Waals surface area (Å²) >= 11 is 0. The summed E-state index contributed by atoms with van der Waals surface area (Å²) in [6.07, 6.45) is 0. The number of benzene rings is 1. The fraction of sp³-hybridized carbons (Fsp3) is 0.455. The Morgan fingerprint density at radius 1 is 1.38 bits per heavy atom. The van der Waals surface area contributed by atoms with Crippen molar-refractivity contribution in [3.63, 3.8) is 0 Å². The van der Waals surface area contributed by atoms with Crippen LogP contribution in [0.25, 0.3) is 0 Å². The maximum atomic E-state index is 5.14. The van der Waals surface area contributed by atoms with Crippen molar-refractivity contribution in [2.24, 2.45) is 0 Å². The third-order valence-electron chi connectivity index (χ3n) is 2.25. The van der Waals surface area contributed by atoms with Crippen molar-refractivity contribution in [2.45, 2.75) is 13.0 Å². The first-order valence-corrected chi connectivity index (χ1v) is 4.51. The molecule has 0 bridgehead atoms. The zero-order chi connectivity index (χ0) is 9.68. The second-order valence-corrected chi connectivity index (χ2v) is 3.15. The lowest BCUT2D eigenvalue weighted by atomic mass is 10.0. The summed E-state index contributed by atoms with van der Waals surface area (Å²) in [5.74, 6) is 0. The Morgan fingerprint density at radius 2 is 2.08 bits per heavy atom. The van der Waals surface area contributed by atoms with Crippen LogP contribution in [-0.4, -0.2) is 20.8 Å². The normalized spacial score (nSPS) is 12.8. The molecule has 13 heavy (non-hydrogen) atoms. The van der Waals surface area contributed by atoms with Crippen molar-refractivity contribution in [3.05, 3.63) is 35.4 Å². The van der Waals surface area contributed by atoms with E-state index in [1.54, 1.807) is 7.11 Å². The van der Waals surface area contributed by atoms with Gasteiger partial charge in [-0.15, -0.1) is 0 Å². The first-order chi connectivity index (χ1) is 6.29. The van der Waals surface area contributed by atoms with Crippen LogP contribution in [0.2, 0.25) is 0 Å². The van der Waals surface area contributed by atoms with Gasteiger partial charge in [0.05, 0.1) is 12.6 Å². The highest BCUT2D eigenvalue weighted by atomic mass is 16.5. The van der Waals surface area contributed by atoms with E-state index in [0.717, 1.165) is 0 Å². The number of hydrogen-bond donors (Lipinski definition) is 1. The minimum Gasteiger partial charge on any atom is -0.383 e. The van der Waals surface area contributed by atoms with Crippen LogP contribution in [0.5, 0.6) is 0 Å². The molecule has 0 saturated heterocycles. The second-order valence-electron chi connectivity index (χ2n) is 3.15.